The van der Waals surface area contributed by atoms with E-state index in [0.717, 1.165) is 63.4 Å². The van der Waals surface area contributed by atoms with E-state index in [1.807, 2.05) is 6.07 Å². The number of methoxy groups -OCH3 is 2. The number of morpholine rings is 1. The van der Waals surface area contributed by atoms with Gasteiger partial charge < -0.3 is 24.8 Å². The van der Waals surface area contributed by atoms with Crippen LogP contribution < -0.4 is 20.1 Å². The molecule has 0 radical (unpaired) electrons. The minimum atomic E-state index is 0. The molecule has 1 aliphatic rings. The minimum Gasteiger partial charge on any atom is -0.493 e. The Labute approximate surface area is 192 Å². The molecule has 2 rings (SSSR count). The highest BCUT2D eigenvalue weighted by molar-refractivity contribution is 14.0. The van der Waals surface area contributed by atoms with Crippen LogP contribution in [-0.4, -0.2) is 71.0 Å². The molecule has 1 atom stereocenters. The van der Waals surface area contributed by atoms with Crippen LogP contribution in [0.1, 0.15) is 32.4 Å². The first-order valence-electron chi connectivity index (χ1n) is 10.1. The number of benzene rings is 1. The van der Waals surface area contributed by atoms with Crippen LogP contribution >= 0.6 is 24.0 Å². The van der Waals surface area contributed by atoms with Gasteiger partial charge in [-0.2, -0.15) is 0 Å². The summed E-state index contributed by atoms with van der Waals surface area (Å²) in [6, 6.07) is 6.34. The predicted octanol–water partition coefficient (Wildman–Crippen LogP) is 2.91. The van der Waals surface area contributed by atoms with Crippen molar-refractivity contribution in [3.63, 3.8) is 0 Å². The van der Waals surface area contributed by atoms with Gasteiger partial charge in [-0.3, -0.25) is 9.89 Å². The summed E-state index contributed by atoms with van der Waals surface area (Å²) in [5, 5.41) is 6.86. The molecule has 0 spiro atoms. The van der Waals surface area contributed by atoms with Gasteiger partial charge in [0.15, 0.2) is 17.5 Å². The van der Waals surface area contributed by atoms with E-state index in [4.69, 9.17) is 19.2 Å². The number of nitrogens with one attached hydrogen (secondary N) is 2. The van der Waals surface area contributed by atoms with Crippen LogP contribution in [-0.2, 0) is 4.74 Å². The highest BCUT2D eigenvalue weighted by Crippen LogP contribution is 2.32. The second-order valence-electron chi connectivity index (χ2n) is 7.27. The number of hydrogen-bond donors (Lipinski definition) is 2. The molecular formula is C21H37IN4O3. The van der Waals surface area contributed by atoms with Crippen LogP contribution in [0.5, 0.6) is 11.5 Å². The molecule has 1 heterocycles. The smallest absolute Gasteiger partial charge is 0.191 e. The van der Waals surface area contributed by atoms with E-state index in [9.17, 15) is 0 Å². The number of aliphatic imine (C=N–C) groups is 1. The molecular weight excluding hydrogens is 483 g/mol. The van der Waals surface area contributed by atoms with Crippen molar-refractivity contribution in [2.24, 2.45) is 10.9 Å². The Morgan fingerprint density at radius 2 is 1.83 bits per heavy atom. The monoisotopic (exact) mass is 520 g/mol. The van der Waals surface area contributed by atoms with Gasteiger partial charge in [0.1, 0.15) is 0 Å². The quantitative estimate of drug-likeness (QED) is 0.297. The van der Waals surface area contributed by atoms with Gasteiger partial charge in [-0.15, -0.1) is 24.0 Å². The molecule has 1 aromatic rings. The van der Waals surface area contributed by atoms with E-state index in [-0.39, 0.29) is 30.0 Å². The molecule has 1 fully saturated rings. The average molecular weight is 520 g/mol. The van der Waals surface area contributed by atoms with Gasteiger partial charge in [-0.05, 0) is 30.5 Å². The lowest BCUT2D eigenvalue weighted by Crippen LogP contribution is -2.46. The van der Waals surface area contributed by atoms with Crippen molar-refractivity contribution in [1.29, 1.82) is 0 Å². The molecule has 1 unspecified atom stereocenters. The van der Waals surface area contributed by atoms with Crippen LogP contribution in [0.15, 0.2) is 23.2 Å². The van der Waals surface area contributed by atoms with Gasteiger partial charge in [-0.25, -0.2) is 0 Å². The lowest BCUT2D eigenvalue weighted by molar-refractivity contribution is 0.0169. The summed E-state index contributed by atoms with van der Waals surface area (Å²) in [5.74, 6) is 2.87. The number of rotatable bonds is 9. The Balaban J connectivity index is 0.00000420. The molecule has 8 heteroatoms. The molecule has 166 valence electrons. The van der Waals surface area contributed by atoms with Crippen molar-refractivity contribution in [3.8, 4) is 11.5 Å². The fourth-order valence-electron chi connectivity index (χ4n) is 3.22. The zero-order valence-electron chi connectivity index (χ0n) is 18.4. The van der Waals surface area contributed by atoms with Crippen molar-refractivity contribution < 1.29 is 14.2 Å². The highest BCUT2D eigenvalue weighted by atomic mass is 127. The van der Waals surface area contributed by atoms with Gasteiger partial charge in [0, 0.05) is 32.7 Å². The lowest BCUT2D eigenvalue weighted by atomic mass is 10.0. The van der Waals surface area contributed by atoms with E-state index in [1.165, 1.54) is 5.56 Å². The average Bonchev–Trinajstić information content (AvgIpc) is 2.72. The van der Waals surface area contributed by atoms with E-state index in [2.05, 4.69) is 48.4 Å². The minimum absolute atomic E-state index is 0. The summed E-state index contributed by atoms with van der Waals surface area (Å²) in [6.07, 6.45) is 0. The standard InChI is InChI=1S/C21H36N4O3.HI/c1-6-22-21(23-14-16(2)3)24-15-18(25-9-11-28-12-10-25)17-7-8-19(26-4)20(13-17)27-5;/h7-8,13,16,18H,6,9-12,14-15H2,1-5H3,(H2,22,23,24);1H. The van der Waals surface area contributed by atoms with Crippen LogP contribution in [0.3, 0.4) is 0 Å². The first-order valence-corrected chi connectivity index (χ1v) is 10.1. The molecule has 1 saturated heterocycles. The van der Waals surface area contributed by atoms with Gasteiger partial charge >= 0.3 is 0 Å². The topological polar surface area (TPSA) is 67.4 Å². The second kappa shape index (κ2) is 13.9. The summed E-state index contributed by atoms with van der Waals surface area (Å²) >= 11 is 0. The number of guanidine groups is 1. The predicted molar refractivity (Wildman–Crippen MR) is 129 cm³/mol. The summed E-state index contributed by atoms with van der Waals surface area (Å²) in [4.78, 5) is 7.14. The number of nitrogens with zero attached hydrogens (tertiary/aromatic N) is 2. The van der Waals surface area contributed by atoms with E-state index in [0.29, 0.717) is 5.92 Å². The van der Waals surface area contributed by atoms with E-state index < -0.39 is 0 Å². The number of hydrogen-bond acceptors (Lipinski definition) is 5. The van der Waals surface area contributed by atoms with Crippen LogP contribution in [0.4, 0.5) is 0 Å². The zero-order valence-corrected chi connectivity index (χ0v) is 20.7. The van der Waals surface area contributed by atoms with Crippen LogP contribution in [0.2, 0.25) is 0 Å². The fourth-order valence-corrected chi connectivity index (χ4v) is 3.22. The zero-order chi connectivity index (χ0) is 20.4. The number of ether oxygens (including phenoxy) is 3. The third-order valence-electron chi connectivity index (χ3n) is 4.70. The van der Waals surface area contributed by atoms with Crippen molar-refractivity contribution in [2.45, 2.75) is 26.8 Å². The maximum absolute atomic E-state index is 5.55. The van der Waals surface area contributed by atoms with E-state index in [1.54, 1.807) is 14.2 Å². The van der Waals surface area contributed by atoms with Crippen molar-refractivity contribution >= 4 is 29.9 Å². The van der Waals surface area contributed by atoms with E-state index >= 15 is 0 Å². The highest BCUT2D eigenvalue weighted by Gasteiger charge is 2.24. The molecule has 0 aromatic heterocycles. The largest absolute Gasteiger partial charge is 0.493 e. The Kier molecular flexibility index (Phi) is 12.3. The van der Waals surface area contributed by atoms with Gasteiger partial charge in [0.2, 0.25) is 0 Å². The molecule has 7 nitrogen and oxygen atoms in total. The summed E-state index contributed by atoms with van der Waals surface area (Å²) in [5.41, 5.74) is 1.19. The molecule has 0 amide bonds. The Hall–Kier alpha value is -1.26. The van der Waals surface area contributed by atoms with Gasteiger partial charge in [0.05, 0.1) is 33.5 Å². The molecule has 2 N–H and O–H groups in total. The summed E-state index contributed by atoms with van der Waals surface area (Å²) in [6.45, 7) is 12.1. The molecule has 29 heavy (non-hydrogen) atoms. The maximum atomic E-state index is 5.55. The molecule has 0 bridgehead atoms. The Bertz CT molecular complexity index is 622. The lowest BCUT2D eigenvalue weighted by Gasteiger charge is -2.35. The first-order chi connectivity index (χ1) is 13.6. The molecule has 1 aliphatic heterocycles. The molecule has 0 saturated carbocycles. The third kappa shape index (κ3) is 8.18. The Morgan fingerprint density at radius 1 is 1.14 bits per heavy atom. The summed E-state index contributed by atoms with van der Waals surface area (Å²) in [7, 11) is 3.33. The Morgan fingerprint density at radius 3 is 2.41 bits per heavy atom. The van der Waals surface area contributed by atoms with Crippen LogP contribution in [0, 0.1) is 5.92 Å². The SMILES string of the molecule is CCNC(=NCC(C)C)NCC(c1ccc(OC)c(OC)c1)N1CCOCC1.I. The summed E-state index contributed by atoms with van der Waals surface area (Å²) < 4.78 is 16.5. The first kappa shape index (κ1) is 25.8. The van der Waals surface area contributed by atoms with Crippen molar-refractivity contribution in [1.82, 2.24) is 15.5 Å². The second-order valence-corrected chi connectivity index (χ2v) is 7.27. The van der Waals surface area contributed by atoms with Crippen molar-refractivity contribution in [2.75, 3.05) is 60.2 Å². The maximum Gasteiger partial charge on any atom is 0.191 e. The molecule has 0 aliphatic carbocycles. The molecule has 1 aromatic carbocycles. The van der Waals surface area contributed by atoms with Gasteiger partial charge in [0.25, 0.3) is 0 Å². The number of halogens is 1. The van der Waals surface area contributed by atoms with Crippen molar-refractivity contribution in [3.05, 3.63) is 23.8 Å². The fraction of sp³-hybridized carbons (Fsp3) is 0.667. The normalized spacial score (nSPS) is 16.1. The van der Waals surface area contributed by atoms with Crippen LogP contribution in [0.25, 0.3) is 0 Å². The van der Waals surface area contributed by atoms with Gasteiger partial charge in [-0.1, -0.05) is 19.9 Å². The third-order valence-corrected chi connectivity index (χ3v) is 4.70.